The molecule has 2 heterocycles. The Morgan fingerprint density at radius 1 is 1.21 bits per heavy atom. The van der Waals surface area contributed by atoms with E-state index >= 15 is 0 Å². The molecule has 5 heteroatoms. The number of pyridine rings is 1. The van der Waals surface area contributed by atoms with Crippen molar-refractivity contribution in [1.29, 1.82) is 0 Å². The lowest BCUT2D eigenvalue weighted by molar-refractivity contribution is 0.102. The second-order valence-corrected chi connectivity index (χ2v) is 4.28. The molecular weight excluding hydrogens is 240 g/mol. The van der Waals surface area contributed by atoms with Gasteiger partial charge in [-0.2, -0.15) is 0 Å². The SMILES string of the molecule is Cc1ccccc1NC(=O)c1ccc2nncn2c1. The van der Waals surface area contributed by atoms with E-state index < -0.39 is 0 Å². The van der Waals surface area contributed by atoms with Crippen molar-refractivity contribution in [3.8, 4) is 0 Å². The van der Waals surface area contributed by atoms with Gasteiger partial charge in [-0.25, -0.2) is 0 Å². The number of hydrogen-bond donors (Lipinski definition) is 1. The highest BCUT2D eigenvalue weighted by atomic mass is 16.1. The zero-order chi connectivity index (χ0) is 13.2. The molecule has 0 bridgehead atoms. The maximum atomic E-state index is 12.2. The van der Waals surface area contributed by atoms with Crippen LogP contribution >= 0.6 is 0 Å². The summed E-state index contributed by atoms with van der Waals surface area (Å²) in [4.78, 5) is 12.2. The van der Waals surface area contributed by atoms with E-state index in [1.165, 1.54) is 0 Å². The van der Waals surface area contributed by atoms with Gasteiger partial charge >= 0.3 is 0 Å². The molecule has 0 atom stereocenters. The van der Waals surface area contributed by atoms with E-state index in [1.54, 1.807) is 29.1 Å². The minimum Gasteiger partial charge on any atom is -0.322 e. The van der Waals surface area contributed by atoms with Gasteiger partial charge in [-0.1, -0.05) is 18.2 Å². The summed E-state index contributed by atoms with van der Waals surface area (Å²) in [6.45, 7) is 1.96. The molecule has 5 nitrogen and oxygen atoms in total. The van der Waals surface area contributed by atoms with Gasteiger partial charge in [0.25, 0.3) is 5.91 Å². The molecule has 1 N–H and O–H groups in total. The number of benzene rings is 1. The first-order valence-electron chi connectivity index (χ1n) is 5.90. The second kappa shape index (κ2) is 4.53. The molecule has 1 aromatic carbocycles. The van der Waals surface area contributed by atoms with Crippen LogP contribution in [0.2, 0.25) is 0 Å². The van der Waals surface area contributed by atoms with Crippen LogP contribution in [0.1, 0.15) is 15.9 Å². The molecule has 0 unspecified atom stereocenters. The minimum absolute atomic E-state index is 0.148. The Bertz CT molecular complexity index is 748. The Hall–Kier alpha value is -2.69. The van der Waals surface area contributed by atoms with Crippen molar-refractivity contribution in [1.82, 2.24) is 14.6 Å². The summed E-state index contributed by atoms with van der Waals surface area (Å²) in [5.74, 6) is -0.148. The highest BCUT2D eigenvalue weighted by Crippen LogP contribution is 2.14. The molecule has 0 radical (unpaired) electrons. The third-order valence-electron chi connectivity index (χ3n) is 2.95. The van der Waals surface area contributed by atoms with Crippen LogP contribution in [-0.4, -0.2) is 20.5 Å². The van der Waals surface area contributed by atoms with Crippen molar-refractivity contribution in [3.63, 3.8) is 0 Å². The molecule has 3 rings (SSSR count). The van der Waals surface area contributed by atoms with Crippen molar-refractivity contribution < 1.29 is 4.79 Å². The molecule has 2 aromatic heterocycles. The van der Waals surface area contributed by atoms with E-state index in [0.29, 0.717) is 11.2 Å². The van der Waals surface area contributed by atoms with Gasteiger partial charge in [0.05, 0.1) is 5.56 Å². The molecule has 0 saturated heterocycles. The van der Waals surface area contributed by atoms with Crippen molar-refractivity contribution in [2.24, 2.45) is 0 Å². The highest BCUT2D eigenvalue weighted by molar-refractivity contribution is 6.04. The normalized spacial score (nSPS) is 10.6. The van der Waals surface area contributed by atoms with E-state index in [1.807, 2.05) is 31.2 Å². The number of aromatic nitrogens is 3. The van der Waals surface area contributed by atoms with Gasteiger partial charge < -0.3 is 5.32 Å². The number of carbonyl (C=O) groups is 1. The molecule has 94 valence electrons. The smallest absolute Gasteiger partial charge is 0.257 e. The highest BCUT2D eigenvalue weighted by Gasteiger charge is 2.08. The van der Waals surface area contributed by atoms with Crippen LogP contribution < -0.4 is 5.32 Å². The molecule has 0 aliphatic carbocycles. The van der Waals surface area contributed by atoms with Crippen LogP contribution in [0.3, 0.4) is 0 Å². The summed E-state index contributed by atoms with van der Waals surface area (Å²) in [6, 6.07) is 11.2. The molecule has 3 aromatic rings. The average Bonchev–Trinajstić information content (AvgIpc) is 2.88. The van der Waals surface area contributed by atoms with Crippen LogP contribution in [-0.2, 0) is 0 Å². The second-order valence-electron chi connectivity index (χ2n) is 4.28. The lowest BCUT2D eigenvalue weighted by Gasteiger charge is -2.08. The molecule has 0 spiro atoms. The monoisotopic (exact) mass is 252 g/mol. The number of amides is 1. The standard InChI is InChI=1S/C14H12N4O/c1-10-4-2-3-5-12(10)16-14(19)11-6-7-13-17-15-9-18(13)8-11/h2-9H,1H3,(H,16,19). The summed E-state index contributed by atoms with van der Waals surface area (Å²) in [5, 5.41) is 10.6. The predicted octanol–water partition coefficient (Wildman–Crippen LogP) is 2.29. The Morgan fingerprint density at radius 2 is 2.05 bits per heavy atom. The van der Waals surface area contributed by atoms with Gasteiger partial charge in [0.1, 0.15) is 6.33 Å². The molecule has 0 fully saturated rings. The van der Waals surface area contributed by atoms with Crippen molar-refractivity contribution in [2.45, 2.75) is 6.92 Å². The minimum atomic E-state index is -0.148. The number of nitrogens with one attached hydrogen (secondary N) is 1. The molecule has 1 amide bonds. The first-order valence-corrected chi connectivity index (χ1v) is 5.90. The van der Waals surface area contributed by atoms with E-state index in [9.17, 15) is 4.79 Å². The van der Waals surface area contributed by atoms with E-state index in [4.69, 9.17) is 0 Å². The first-order chi connectivity index (χ1) is 9.24. The summed E-state index contributed by atoms with van der Waals surface area (Å²) in [6.07, 6.45) is 3.28. The van der Waals surface area contributed by atoms with Crippen LogP contribution in [0.15, 0.2) is 48.9 Å². The van der Waals surface area contributed by atoms with Crippen LogP contribution in [0.5, 0.6) is 0 Å². The fourth-order valence-electron chi connectivity index (χ4n) is 1.87. The molecule has 0 aliphatic heterocycles. The van der Waals surface area contributed by atoms with E-state index in [0.717, 1.165) is 11.3 Å². The van der Waals surface area contributed by atoms with Gasteiger partial charge in [0, 0.05) is 11.9 Å². The van der Waals surface area contributed by atoms with Gasteiger partial charge in [0.15, 0.2) is 5.65 Å². The van der Waals surface area contributed by atoms with Crippen molar-refractivity contribution in [3.05, 3.63) is 60.0 Å². The first kappa shape index (κ1) is 11.4. The zero-order valence-electron chi connectivity index (χ0n) is 10.4. The molecule has 19 heavy (non-hydrogen) atoms. The lowest BCUT2D eigenvalue weighted by atomic mass is 10.2. The predicted molar refractivity (Wildman–Crippen MR) is 72.1 cm³/mol. The van der Waals surface area contributed by atoms with Gasteiger partial charge in [0.2, 0.25) is 0 Å². The number of para-hydroxylation sites is 1. The van der Waals surface area contributed by atoms with Crippen molar-refractivity contribution in [2.75, 3.05) is 5.32 Å². The zero-order valence-corrected chi connectivity index (χ0v) is 10.4. The number of anilines is 1. The Balaban J connectivity index is 1.89. The Labute approximate surface area is 109 Å². The summed E-state index contributed by atoms with van der Waals surface area (Å²) in [5.41, 5.74) is 3.13. The quantitative estimate of drug-likeness (QED) is 0.761. The molecular formula is C14H12N4O. The largest absolute Gasteiger partial charge is 0.322 e. The van der Waals surface area contributed by atoms with Crippen LogP contribution in [0.25, 0.3) is 5.65 Å². The molecule has 0 saturated carbocycles. The summed E-state index contributed by atoms with van der Waals surface area (Å²) in [7, 11) is 0. The number of hydrogen-bond acceptors (Lipinski definition) is 3. The molecule has 0 aliphatic rings. The van der Waals surface area contributed by atoms with E-state index in [2.05, 4.69) is 15.5 Å². The maximum Gasteiger partial charge on any atom is 0.257 e. The number of rotatable bonds is 2. The topological polar surface area (TPSA) is 59.3 Å². The van der Waals surface area contributed by atoms with Gasteiger partial charge in [-0.15, -0.1) is 10.2 Å². The Kier molecular flexibility index (Phi) is 2.72. The van der Waals surface area contributed by atoms with Crippen molar-refractivity contribution >= 4 is 17.2 Å². The van der Waals surface area contributed by atoms with Gasteiger partial charge in [-0.3, -0.25) is 9.20 Å². The summed E-state index contributed by atoms with van der Waals surface area (Å²) >= 11 is 0. The fraction of sp³-hybridized carbons (Fsp3) is 0.0714. The third kappa shape index (κ3) is 2.18. The number of fused-ring (bicyclic) bond motifs is 1. The Morgan fingerprint density at radius 3 is 2.89 bits per heavy atom. The lowest BCUT2D eigenvalue weighted by Crippen LogP contribution is -2.13. The average molecular weight is 252 g/mol. The number of aryl methyl sites for hydroxylation is 1. The maximum absolute atomic E-state index is 12.2. The van der Waals surface area contributed by atoms with Crippen LogP contribution in [0.4, 0.5) is 5.69 Å². The van der Waals surface area contributed by atoms with Gasteiger partial charge in [-0.05, 0) is 30.7 Å². The van der Waals surface area contributed by atoms with Crippen LogP contribution in [0, 0.1) is 6.92 Å². The fourth-order valence-corrected chi connectivity index (χ4v) is 1.87. The third-order valence-corrected chi connectivity index (χ3v) is 2.95. The summed E-state index contributed by atoms with van der Waals surface area (Å²) < 4.78 is 1.72. The van der Waals surface area contributed by atoms with E-state index in [-0.39, 0.29) is 5.91 Å². The number of carbonyl (C=O) groups excluding carboxylic acids is 1. The number of nitrogens with zero attached hydrogens (tertiary/aromatic N) is 3.